The standard InChI is InChI=1S/C37H47F3N4O/c1-28(2)44(27-29-9-5-3-6-10-29)34-19-17-33(18-20-34)43-25-23-42(24-26-43)22-21-35(41-36(45)31-11-7-4-8-12-31)30-13-15-32(16-14-30)37(38,39)40/h3,5-6,9-10,13-20,28,31,35H,4,7-8,11-12,21-27H2,1-2H3,(H,41,45)/t35-/m0/s1. The van der Waals surface area contributed by atoms with E-state index in [-0.39, 0.29) is 17.9 Å². The molecular weight excluding hydrogens is 573 g/mol. The van der Waals surface area contributed by atoms with E-state index < -0.39 is 11.7 Å². The van der Waals surface area contributed by atoms with Crippen molar-refractivity contribution in [2.24, 2.45) is 5.92 Å². The molecular formula is C37H47F3N4O. The molecule has 0 bridgehead atoms. The van der Waals surface area contributed by atoms with Crippen LogP contribution in [0, 0.1) is 5.92 Å². The summed E-state index contributed by atoms with van der Waals surface area (Å²) < 4.78 is 39.6. The highest BCUT2D eigenvalue weighted by atomic mass is 19.4. The maximum atomic E-state index is 13.2. The Bertz CT molecular complexity index is 1330. The lowest BCUT2D eigenvalue weighted by Crippen LogP contribution is -2.47. The van der Waals surface area contributed by atoms with E-state index in [2.05, 4.69) is 82.4 Å². The van der Waals surface area contributed by atoms with E-state index in [0.29, 0.717) is 12.5 Å². The highest BCUT2D eigenvalue weighted by molar-refractivity contribution is 5.79. The fourth-order valence-corrected chi connectivity index (χ4v) is 6.63. The van der Waals surface area contributed by atoms with Crippen LogP contribution < -0.4 is 15.1 Å². The molecule has 3 aromatic rings. The lowest BCUT2D eigenvalue weighted by atomic mass is 9.88. The molecule has 0 radical (unpaired) electrons. The van der Waals surface area contributed by atoms with Gasteiger partial charge in [0.25, 0.3) is 0 Å². The summed E-state index contributed by atoms with van der Waals surface area (Å²) in [6.07, 6.45) is 1.32. The van der Waals surface area contributed by atoms with Crippen molar-refractivity contribution in [3.8, 4) is 0 Å². The Morgan fingerprint density at radius 2 is 1.51 bits per heavy atom. The number of hydrogen-bond acceptors (Lipinski definition) is 4. The van der Waals surface area contributed by atoms with Crippen molar-refractivity contribution in [3.05, 3.63) is 95.6 Å². The summed E-state index contributed by atoms with van der Waals surface area (Å²) >= 11 is 0. The van der Waals surface area contributed by atoms with Crippen LogP contribution in [-0.2, 0) is 17.5 Å². The fraction of sp³-hybridized carbons (Fsp3) is 0.486. The van der Waals surface area contributed by atoms with Gasteiger partial charge in [-0.15, -0.1) is 0 Å². The summed E-state index contributed by atoms with van der Waals surface area (Å²) in [6, 6.07) is 24.8. The quantitative estimate of drug-likeness (QED) is 0.235. The Kier molecular flexibility index (Phi) is 11.1. The van der Waals surface area contributed by atoms with Gasteiger partial charge in [0.1, 0.15) is 0 Å². The van der Waals surface area contributed by atoms with Crippen LogP contribution in [0.2, 0.25) is 0 Å². The van der Waals surface area contributed by atoms with Crippen LogP contribution in [0.5, 0.6) is 0 Å². The van der Waals surface area contributed by atoms with Gasteiger partial charge in [0.2, 0.25) is 5.91 Å². The molecule has 8 heteroatoms. The van der Waals surface area contributed by atoms with E-state index in [1.807, 2.05) is 6.07 Å². The number of amides is 1. The zero-order valence-electron chi connectivity index (χ0n) is 26.6. The minimum Gasteiger partial charge on any atom is -0.369 e. The smallest absolute Gasteiger partial charge is 0.369 e. The van der Waals surface area contributed by atoms with Gasteiger partial charge in [-0.2, -0.15) is 13.2 Å². The highest BCUT2D eigenvalue weighted by Gasteiger charge is 2.31. The molecule has 1 atom stereocenters. The van der Waals surface area contributed by atoms with E-state index in [1.165, 1.54) is 29.1 Å². The first-order valence-electron chi connectivity index (χ1n) is 16.5. The van der Waals surface area contributed by atoms with Gasteiger partial charge in [-0.25, -0.2) is 0 Å². The topological polar surface area (TPSA) is 38.8 Å². The molecule has 1 aliphatic heterocycles. The van der Waals surface area contributed by atoms with Crippen molar-refractivity contribution in [1.29, 1.82) is 0 Å². The summed E-state index contributed by atoms with van der Waals surface area (Å²) in [7, 11) is 0. The molecule has 1 saturated heterocycles. The number of benzene rings is 3. The number of nitrogens with one attached hydrogen (secondary N) is 1. The summed E-state index contributed by atoms with van der Waals surface area (Å²) in [5.74, 6) is 0.0317. The lowest BCUT2D eigenvalue weighted by molar-refractivity contribution is -0.137. The molecule has 1 N–H and O–H groups in total. The van der Waals surface area contributed by atoms with Gasteiger partial charge in [0, 0.05) is 62.6 Å². The van der Waals surface area contributed by atoms with E-state index >= 15 is 0 Å². The lowest BCUT2D eigenvalue weighted by Gasteiger charge is -2.37. The van der Waals surface area contributed by atoms with Crippen LogP contribution in [0.25, 0.3) is 0 Å². The fourth-order valence-electron chi connectivity index (χ4n) is 6.63. The number of alkyl halides is 3. The van der Waals surface area contributed by atoms with Crippen molar-refractivity contribution < 1.29 is 18.0 Å². The maximum absolute atomic E-state index is 13.2. The maximum Gasteiger partial charge on any atom is 0.416 e. The number of rotatable bonds is 11. The Labute approximate surface area is 266 Å². The first-order chi connectivity index (χ1) is 21.7. The van der Waals surface area contributed by atoms with Gasteiger partial charge in [-0.3, -0.25) is 9.69 Å². The van der Waals surface area contributed by atoms with E-state index in [1.54, 1.807) is 0 Å². The van der Waals surface area contributed by atoms with Crippen LogP contribution in [0.1, 0.15) is 75.1 Å². The molecule has 242 valence electrons. The molecule has 1 saturated carbocycles. The molecule has 2 aliphatic rings. The van der Waals surface area contributed by atoms with Crippen molar-refractivity contribution >= 4 is 17.3 Å². The van der Waals surface area contributed by atoms with Crippen LogP contribution in [0.4, 0.5) is 24.5 Å². The molecule has 0 spiro atoms. The van der Waals surface area contributed by atoms with Crippen molar-refractivity contribution in [3.63, 3.8) is 0 Å². The monoisotopic (exact) mass is 620 g/mol. The Morgan fingerprint density at radius 3 is 2.11 bits per heavy atom. The summed E-state index contributed by atoms with van der Waals surface area (Å²) in [6.45, 7) is 9.66. The Balaban J connectivity index is 1.17. The number of anilines is 2. The average molecular weight is 621 g/mol. The van der Waals surface area contributed by atoms with Gasteiger partial charge in [0.05, 0.1) is 11.6 Å². The third kappa shape index (κ3) is 9.03. The number of piperazine rings is 1. The molecule has 5 rings (SSSR count). The minimum atomic E-state index is -4.38. The van der Waals surface area contributed by atoms with E-state index in [0.717, 1.165) is 89.1 Å². The predicted molar refractivity (Wildman–Crippen MR) is 176 cm³/mol. The third-order valence-corrected chi connectivity index (χ3v) is 9.40. The molecule has 1 aliphatic carbocycles. The second-order valence-electron chi connectivity index (χ2n) is 12.9. The molecule has 1 heterocycles. The number of carbonyl (C=O) groups is 1. The minimum absolute atomic E-state index is 0.00316. The van der Waals surface area contributed by atoms with E-state index in [4.69, 9.17) is 0 Å². The van der Waals surface area contributed by atoms with Gasteiger partial charge in [0.15, 0.2) is 0 Å². The SMILES string of the molecule is CC(C)N(Cc1ccccc1)c1ccc(N2CCN(CC[C@H](NC(=O)C3CCCCC3)c3ccc(C(F)(F)F)cc3)CC2)cc1. The average Bonchev–Trinajstić information content (AvgIpc) is 3.06. The van der Waals surface area contributed by atoms with Crippen LogP contribution >= 0.6 is 0 Å². The largest absolute Gasteiger partial charge is 0.416 e. The Morgan fingerprint density at radius 1 is 0.867 bits per heavy atom. The molecule has 45 heavy (non-hydrogen) atoms. The van der Waals surface area contributed by atoms with Crippen LogP contribution in [0.15, 0.2) is 78.9 Å². The molecule has 5 nitrogen and oxygen atoms in total. The Hall–Kier alpha value is -3.52. The first kappa shape index (κ1) is 32.9. The number of carbonyl (C=O) groups excluding carboxylic acids is 1. The number of halogens is 3. The van der Waals surface area contributed by atoms with Crippen molar-refractivity contribution in [1.82, 2.24) is 10.2 Å². The summed E-state index contributed by atoms with van der Waals surface area (Å²) in [5.41, 5.74) is 3.78. The summed E-state index contributed by atoms with van der Waals surface area (Å²) in [5, 5.41) is 3.21. The molecule has 0 unspecified atom stereocenters. The molecule has 1 amide bonds. The number of nitrogens with zero attached hydrogens (tertiary/aromatic N) is 3. The normalized spacial score (nSPS) is 17.3. The van der Waals surface area contributed by atoms with Crippen molar-refractivity contribution in [2.45, 2.75) is 77.2 Å². The second-order valence-corrected chi connectivity index (χ2v) is 12.9. The predicted octanol–water partition coefficient (Wildman–Crippen LogP) is 8.07. The third-order valence-electron chi connectivity index (χ3n) is 9.40. The number of hydrogen-bond donors (Lipinski definition) is 1. The van der Waals surface area contributed by atoms with Crippen molar-refractivity contribution in [2.75, 3.05) is 42.5 Å². The van der Waals surface area contributed by atoms with Gasteiger partial charge < -0.3 is 15.1 Å². The van der Waals surface area contributed by atoms with Gasteiger partial charge in [-0.05, 0) is 80.6 Å². The van der Waals surface area contributed by atoms with Gasteiger partial charge in [-0.1, -0.05) is 61.7 Å². The highest BCUT2D eigenvalue weighted by Crippen LogP contribution is 2.31. The zero-order chi connectivity index (χ0) is 31.8. The second kappa shape index (κ2) is 15.2. The molecule has 2 fully saturated rings. The molecule has 0 aromatic heterocycles. The van der Waals surface area contributed by atoms with Crippen LogP contribution in [0.3, 0.4) is 0 Å². The van der Waals surface area contributed by atoms with E-state index in [9.17, 15) is 18.0 Å². The summed E-state index contributed by atoms with van der Waals surface area (Å²) in [4.78, 5) is 20.4. The van der Waals surface area contributed by atoms with Gasteiger partial charge >= 0.3 is 6.18 Å². The van der Waals surface area contributed by atoms with Crippen LogP contribution in [-0.4, -0.2) is 49.6 Å². The molecule has 3 aromatic carbocycles. The zero-order valence-corrected chi connectivity index (χ0v) is 26.6. The first-order valence-corrected chi connectivity index (χ1v) is 16.5.